The molecule has 0 amide bonds. The van der Waals surface area contributed by atoms with Crippen LogP contribution in [0.15, 0.2) is 35.9 Å². The highest BCUT2D eigenvalue weighted by Gasteiger charge is 2.63. The maximum absolute atomic E-state index is 12.5. The van der Waals surface area contributed by atoms with Crippen molar-refractivity contribution in [3.63, 3.8) is 0 Å². The van der Waals surface area contributed by atoms with Gasteiger partial charge in [-0.15, -0.1) is 0 Å². The van der Waals surface area contributed by atoms with Crippen LogP contribution in [0.4, 0.5) is 0 Å². The average Bonchev–Trinajstić information content (AvgIpc) is 3.10. The van der Waals surface area contributed by atoms with Gasteiger partial charge < -0.3 is 9.47 Å². The smallest absolute Gasteiger partial charge is 0.334 e. The molecule has 0 aromatic heterocycles. The van der Waals surface area contributed by atoms with Crippen molar-refractivity contribution in [2.45, 2.75) is 19.8 Å². The first-order chi connectivity index (χ1) is 11.7. The number of benzene rings is 1. The summed E-state index contributed by atoms with van der Waals surface area (Å²) in [6, 6.07) is 10.0. The van der Waals surface area contributed by atoms with E-state index in [4.69, 9.17) is 9.47 Å². The SMILES string of the molecule is CCOC(=O)C1=C(c2ccccc2)[C@H]2[C@H]3C[C@H](C[C@H]3C(=O)OC)[C@@H]12. The first kappa shape index (κ1) is 15.4. The van der Waals surface area contributed by atoms with E-state index < -0.39 is 0 Å². The lowest BCUT2D eigenvalue weighted by Crippen LogP contribution is -2.43. The van der Waals surface area contributed by atoms with Crippen LogP contribution in [0, 0.1) is 29.6 Å². The molecule has 0 aliphatic heterocycles. The predicted molar refractivity (Wildman–Crippen MR) is 88.7 cm³/mol. The van der Waals surface area contributed by atoms with E-state index in [9.17, 15) is 9.59 Å². The largest absolute Gasteiger partial charge is 0.469 e. The number of esters is 2. The van der Waals surface area contributed by atoms with E-state index in [0.29, 0.717) is 18.4 Å². The van der Waals surface area contributed by atoms with Gasteiger partial charge in [0.15, 0.2) is 0 Å². The van der Waals surface area contributed by atoms with Crippen molar-refractivity contribution < 1.29 is 19.1 Å². The van der Waals surface area contributed by atoms with E-state index in [1.807, 2.05) is 37.3 Å². The van der Waals surface area contributed by atoms with E-state index in [1.165, 1.54) is 7.11 Å². The first-order valence-corrected chi connectivity index (χ1v) is 8.71. The van der Waals surface area contributed by atoms with Gasteiger partial charge in [0, 0.05) is 11.5 Å². The third-order valence-corrected chi connectivity index (χ3v) is 6.05. The normalized spacial score (nSPS) is 33.0. The Kier molecular flexibility index (Phi) is 3.70. The monoisotopic (exact) mass is 326 g/mol. The second-order valence-corrected chi connectivity index (χ2v) is 6.99. The number of hydrogen-bond donors (Lipinski definition) is 0. The zero-order valence-corrected chi connectivity index (χ0v) is 14.0. The van der Waals surface area contributed by atoms with Crippen LogP contribution < -0.4 is 0 Å². The lowest BCUT2D eigenvalue weighted by atomic mass is 9.57. The Hall–Kier alpha value is -2.10. The molecule has 2 bridgehead atoms. The summed E-state index contributed by atoms with van der Waals surface area (Å²) in [5.74, 6) is 0.929. The molecule has 0 saturated heterocycles. The van der Waals surface area contributed by atoms with Gasteiger partial charge in [-0.2, -0.15) is 0 Å². The van der Waals surface area contributed by atoms with Crippen LogP contribution in [0.25, 0.3) is 5.57 Å². The number of allylic oxidation sites excluding steroid dienone is 1. The molecule has 3 aliphatic rings. The van der Waals surface area contributed by atoms with Gasteiger partial charge in [0.1, 0.15) is 0 Å². The summed E-state index contributed by atoms with van der Waals surface area (Å²) in [4.78, 5) is 24.6. The molecule has 4 nitrogen and oxygen atoms in total. The number of rotatable bonds is 4. The molecule has 1 aromatic carbocycles. The minimum atomic E-state index is -0.181. The van der Waals surface area contributed by atoms with Gasteiger partial charge in [-0.05, 0) is 48.7 Å². The summed E-state index contributed by atoms with van der Waals surface area (Å²) >= 11 is 0. The van der Waals surface area contributed by atoms with Crippen molar-refractivity contribution >= 4 is 17.5 Å². The topological polar surface area (TPSA) is 52.6 Å². The third kappa shape index (κ3) is 2.05. The third-order valence-electron chi connectivity index (χ3n) is 6.05. The van der Waals surface area contributed by atoms with Gasteiger partial charge in [-0.1, -0.05) is 30.3 Å². The van der Waals surface area contributed by atoms with Crippen LogP contribution in [0.1, 0.15) is 25.3 Å². The Morgan fingerprint density at radius 1 is 1.12 bits per heavy atom. The Bertz CT molecular complexity index is 706. The molecule has 0 heterocycles. The number of hydrogen-bond acceptors (Lipinski definition) is 4. The second kappa shape index (κ2) is 5.76. The average molecular weight is 326 g/mol. The van der Waals surface area contributed by atoms with Crippen molar-refractivity contribution in [2.24, 2.45) is 29.6 Å². The van der Waals surface area contributed by atoms with E-state index in [0.717, 1.165) is 29.6 Å². The molecular weight excluding hydrogens is 304 g/mol. The molecule has 126 valence electrons. The molecule has 0 spiro atoms. The zero-order chi connectivity index (χ0) is 16.8. The molecule has 2 fully saturated rings. The summed E-state index contributed by atoms with van der Waals surface area (Å²) in [6.07, 6.45) is 1.85. The van der Waals surface area contributed by atoms with Gasteiger partial charge in [-0.3, -0.25) is 4.79 Å². The maximum Gasteiger partial charge on any atom is 0.334 e. The molecule has 2 saturated carbocycles. The highest BCUT2D eigenvalue weighted by Crippen LogP contribution is 2.67. The molecule has 1 aromatic rings. The highest BCUT2D eigenvalue weighted by molar-refractivity contribution is 6.03. The summed E-state index contributed by atoms with van der Waals surface area (Å²) in [7, 11) is 1.46. The Morgan fingerprint density at radius 3 is 2.54 bits per heavy atom. The Labute approximate surface area is 141 Å². The first-order valence-electron chi connectivity index (χ1n) is 8.71. The summed E-state index contributed by atoms with van der Waals surface area (Å²) in [6.45, 7) is 2.23. The van der Waals surface area contributed by atoms with Crippen LogP contribution in [-0.2, 0) is 19.1 Å². The number of methoxy groups -OCH3 is 1. The molecule has 3 aliphatic carbocycles. The molecule has 0 unspecified atom stereocenters. The number of carbonyl (C=O) groups is 2. The Balaban J connectivity index is 1.74. The van der Waals surface area contributed by atoms with Crippen LogP contribution >= 0.6 is 0 Å². The minimum absolute atomic E-state index is 0.0243. The molecule has 5 atom stereocenters. The van der Waals surface area contributed by atoms with Crippen LogP contribution in [0.3, 0.4) is 0 Å². The van der Waals surface area contributed by atoms with Crippen molar-refractivity contribution in [2.75, 3.05) is 13.7 Å². The fourth-order valence-electron chi connectivity index (χ4n) is 5.28. The van der Waals surface area contributed by atoms with Crippen molar-refractivity contribution in [3.05, 3.63) is 41.5 Å². The molecule has 4 rings (SSSR count). The van der Waals surface area contributed by atoms with E-state index in [-0.39, 0.29) is 29.7 Å². The lowest BCUT2D eigenvalue weighted by Gasteiger charge is -2.45. The van der Waals surface area contributed by atoms with Gasteiger partial charge >= 0.3 is 11.9 Å². The highest BCUT2D eigenvalue weighted by atomic mass is 16.5. The summed E-state index contributed by atoms with van der Waals surface area (Å²) in [5.41, 5.74) is 3.03. The maximum atomic E-state index is 12.5. The fraction of sp³-hybridized carbons (Fsp3) is 0.500. The lowest BCUT2D eigenvalue weighted by molar-refractivity contribution is -0.148. The molecule has 4 heteroatoms. The van der Waals surface area contributed by atoms with Gasteiger partial charge in [0.2, 0.25) is 0 Å². The number of ether oxygens (including phenoxy) is 2. The summed E-state index contributed by atoms with van der Waals surface area (Å²) in [5, 5.41) is 0. The molecule has 24 heavy (non-hydrogen) atoms. The van der Waals surface area contributed by atoms with E-state index in [2.05, 4.69) is 0 Å². The van der Waals surface area contributed by atoms with Crippen LogP contribution in [0.5, 0.6) is 0 Å². The zero-order valence-electron chi connectivity index (χ0n) is 14.0. The Morgan fingerprint density at radius 2 is 1.88 bits per heavy atom. The fourth-order valence-corrected chi connectivity index (χ4v) is 5.28. The standard InChI is InChI=1S/C20H22O4/c1-3-24-20(22)18-15(11-7-5-4-6-8-11)17-13-9-12(16(17)18)10-14(13)19(21)23-2/h4-8,12-14,16-17H,3,9-10H2,1-2H3/t12-,13+,14-,16-,17-/m1/s1. The van der Waals surface area contributed by atoms with Gasteiger partial charge in [-0.25, -0.2) is 4.79 Å². The minimum Gasteiger partial charge on any atom is -0.469 e. The van der Waals surface area contributed by atoms with E-state index in [1.54, 1.807) is 0 Å². The van der Waals surface area contributed by atoms with Crippen molar-refractivity contribution in [1.29, 1.82) is 0 Å². The molecule has 0 radical (unpaired) electrons. The van der Waals surface area contributed by atoms with Crippen molar-refractivity contribution in [3.8, 4) is 0 Å². The van der Waals surface area contributed by atoms with Crippen molar-refractivity contribution in [1.82, 2.24) is 0 Å². The van der Waals surface area contributed by atoms with E-state index >= 15 is 0 Å². The van der Waals surface area contributed by atoms with Gasteiger partial charge in [0.25, 0.3) is 0 Å². The van der Waals surface area contributed by atoms with Crippen LogP contribution in [0.2, 0.25) is 0 Å². The predicted octanol–water partition coefficient (Wildman–Crippen LogP) is 3.08. The molecule has 0 N–H and O–H groups in total. The summed E-state index contributed by atoms with van der Waals surface area (Å²) < 4.78 is 10.3. The number of carbonyl (C=O) groups excluding carboxylic acids is 2. The quantitative estimate of drug-likeness (QED) is 0.798. The van der Waals surface area contributed by atoms with Crippen LogP contribution in [-0.4, -0.2) is 25.7 Å². The van der Waals surface area contributed by atoms with Gasteiger partial charge in [0.05, 0.1) is 19.6 Å². The molecular formula is C20H22O4. The number of fused-ring (bicyclic) bond motifs is 5. The second-order valence-electron chi connectivity index (χ2n) is 6.99.